The van der Waals surface area contributed by atoms with E-state index in [1.54, 1.807) is 27.8 Å². The molecule has 0 heterocycles. The van der Waals surface area contributed by atoms with Crippen molar-refractivity contribution in [2.24, 2.45) is 5.73 Å². The van der Waals surface area contributed by atoms with E-state index in [4.69, 9.17) is 5.73 Å². The molecule has 17 heavy (non-hydrogen) atoms. The van der Waals surface area contributed by atoms with Crippen LogP contribution in [0, 0.1) is 0 Å². The molecule has 0 saturated heterocycles. The number of nitrogens with two attached hydrogens (primary N) is 1. The van der Waals surface area contributed by atoms with E-state index in [0.29, 0.717) is 0 Å². The van der Waals surface area contributed by atoms with Crippen LogP contribution in [-0.2, 0) is 32.1 Å². The maximum atomic E-state index is 6.26. The van der Waals surface area contributed by atoms with Crippen molar-refractivity contribution in [2.75, 3.05) is 0 Å². The van der Waals surface area contributed by atoms with E-state index in [0.717, 1.165) is 6.42 Å². The highest BCUT2D eigenvalue weighted by atomic mass is 14.7. The van der Waals surface area contributed by atoms with Gasteiger partial charge in [-0.1, -0.05) is 6.07 Å². The maximum Gasteiger partial charge on any atom is 0.0138 e. The van der Waals surface area contributed by atoms with E-state index in [-0.39, 0.29) is 5.54 Å². The molecule has 3 rings (SSSR count). The van der Waals surface area contributed by atoms with Gasteiger partial charge in [-0.05, 0) is 86.6 Å². The van der Waals surface area contributed by atoms with Crippen LogP contribution in [0.3, 0.4) is 0 Å². The number of hydrogen-bond donors (Lipinski definition) is 1. The molecule has 0 aromatic heterocycles. The van der Waals surface area contributed by atoms with Gasteiger partial charge in [0.05, 0.1) is 0 Å². The molecule has 0 saturated carbocycles. The third kappa shape index (κ3) is 2.01. The molecule has 1 aromatic rings. The Morgan fingerprint density at radius 1 is 1.00 bits per heavy atom. The minimum Gasteiger partial charge on any atom is -0.325 e. The van der Waals surface area contributed by atoms with Gasteiger partial charge in [-0.15, -0.1) is 0 Å². The normalized spacial score (nSPS) is 18.3. The van der Waals surface area contributed by atoms with Crippen LogP contribution in [0.25, 0.3) is 0 Å². The van der Waals surface area contributed by atoms with Crippen LogP contribution < -0.4 is 5.73 Å². The van der Waals surface area contributed by atoms with E-state index in [1.807, 2.05) is 0 Å². The lowest BCUT2D eigenvalue weighted by molar-refractivity contribution is 0.513. The number of benzene rings is 1. The SMILES string of the molecule is CC(C)(N)Cc1c2c(cc3c1CCC3)CCC2. The summed E-state index contributed by atoms with van der Waals surface area (Å²) in [6.07, 6.45) is 8.90. The molecule has 0 spiro atoms. The van der Waals surface area contributed by atoms with Gasteiger partial charge >= 0.3 is 0 Å². The van der Waals surface area contributed by atoms with E-state index in [2.05, 4.69) is 19.9 Å². The summed E-state index contributed by atoms with van der Waals surface area (Å²) in [5.41, 5.74) is 14.4. The smallest absolute Gasteiger partial charge is 0.0138 e. The van der Waals surface area contributed by atoms with Gasteiger partial charge in [0.1, 0.15) is 0 Å². The first-order valence-electron chi connectivity index (χ1n) is 6.99. The first-order valence-corrected chi connectivity index (χ1v) is 6.99. The summed E-state index contributed by atoms with van der Waals surface area (Å²) in [6, 6.07) is 2.50. The van der Waals surface area contributed by atoms with Crippen molar-refractivity contribution in [3.63, 3.8) is 0 Å². The van der Waals surface area contributed by atoms with Gasteiger partial charge in [0.2, 0.25) is 0 Å². The van der Waals surface area contributed by atoms with Gasteiger partial charge in [-0.25, -0.2) is 0 Å². The summed E-state index contributed by atoms with van der Waals surface area (Å²) in [6.45, 7) is 4.31. The van der Waals surface area contributed by atoms with Crippen LogP contribution >= 0.6 is 0 Å². The summed E-state index contributed by atoms with van der Waals surface area (Å²) in [4.78, 5) is 0. The van der Waals surface area contributed by atoms with Gasteiger partial charge in [0.15, 0.2) is 0 Å². The lowest BCUT2D eigenvalue weighted by Gasteiger charge is -2.23. The Balaban J connectivity index is 2.11. The summed E-state index contributed by atoms with van der Waals surface area (Å²) in [7, 11) is 0. The average molecular weight is 229 g/mol. The fourth-order valence-electron chi connectivity index (χ4n) is 3.60. The van der Waals surface area contributed by atoms with Crippen molar-refractivity contribution in [1.82, 2.24) is 0 Å². The predicted molar refractivity (Wildman–Crippen MR) is 72.5 cm³/mol. The van der Waals surface area contributed by atoms with Crippen LogP contribution in [0.1, 0.15) is 54.5 Å². The van der Waals surface area contributed by atoms with Crippen LogP contribution in [0.2, 0.25) is 0 Å². The molecule has 2 aliphatic carbocycles. The van der Waals surface area contributed by atoms with Crippen molar-refractivity contribution < 1.29 is 0 Å². The zero-order valence-corrected chi connectivity index (χ0v) is 11.1. The molecule has 0 aliphatic heterocycles. The molecule has 0 atom stereocenters. The highest BCUT2D eigenvalue weighted by molar-refractivity contribution is 5.50. The first-order chi connectivity index (χ1) is 8.04. The van der Waals surface area contributed by atoms with Crippen molar-refractivity contribution in [3.8, 4) is 0 Å². The van der Waals surface area contributed by atoms with Gasteiger partial charge in [0.25, 0.3) is 0 Å². The second-order valence-corrected chi connectivity index (χ2v) is 6.50. The van der Waals surface area contributed by atoms with Crippen molar-refractivity contribution in [1.29, 1.82) is 0 Å². The van der Waals surface area contributed by atoms with Gasteiger partial charge < -0.3 is 5.73 Å². The number of hydrogen-bond acceptors (Lipinski definition) is 1. The molecule has 0 radical (unpaired) electrons. The number of aryl methyl sites for hydroxylation is 2. The third-order valence-corrected chi connectivity index (χ3v) is 4.23. The summed E-state index contributed by atoms with van der Waals surface area (Å²) in [5, 5.41) is 0. The molecule has 2 aliphatic rings. The van der Waals surface area contributed by atoms with Gasteiger partial charge in [-0.3, -0.25) is 0 Å². The summed E-state index contributed by atoms with van der Waals surface area (Å²) >= 11 is 0. The number of rotatable bonds is 2. The zero-order valence-electron chi connectivity index (χ0n) is 11.1. The molecule has 92 valence electrons. The molecular weight excluding hydrogens is 206 g/mol. The Morgan fingerprint density at radius 2 is 1.53 bits per heavy atom. The quantitative estimate of drug-likeness (QED) is 0.829. The molecule has 1 nitrogen and oxygen atoms in total. The molecule has 1 heteroatoms. The second kappa shape index (κ2) is 3.84. The molecule has 2 N–H and O–H groups in total. The molecule has 0 amide bonds. The Bertz CT molecular complexity index is 419. The molecule has 0 fully saturated rings. The zero-order chi connectivity index (χ0) is 12.0. The molecule has 1 aromatic carbocycles. The largest absolute Gasteiger partial charge is 0.325 e. The minimum atomic E-state index is -0.0753. The van der Waals surface area contributed by atoms with Crippen molar-refractivity contribution in [2.45, 2.75) is 64.3 Å². The van der Waals surface area contributed by atoms with Crippen molar-refractivity contribution in [3.05, 3.63) is 33.9 Å². The van der Waals surface area contributed by atoms with E-state index < -0.39 is 0 Å². The van der Waals surface area contributed by atoms with Gasteiger partial charge in [-0.2, -0.15) is 0 Å². The monoisotopic (exact) mass is 229 g/mol. The second-order valence-electron chi connectivity index (χ2n) is 6.50. The lowest BCUT2D eigenvalue weighted by atomic mass is 9.86. The first kappa shape index (κ1) is 11.3. The lowest BCUT2D eigenvalue weighted by Crippen LogP contribution is -2.35. The van der Waals surface area contributed by atoms with E-state index in [1.165, 1.54) is 38.5 Å². The van der Waals surface area contributed by atoms with Crippen LogP contribution in [-0.4, -0.2) is 5.54 Å². The number of fused-ring (bicyclic) bond motifs is 2. The Labute approximate surface area is 104 Å². The third-order valence-electron chi connectivity index (χ3n) is 4.23. The molecule has 0 unspecified atom stereocenters. The van der Waals surface area contributed by atoms with Crippen LogP contribution in [0.15, 0.2) is 6.07 Å². The van der Waals surface area contributed by atoms with Gasteiger partial charge in [0, 0.05) is 5.54 Å². The van der Waals surface area contributed by atoms with E-state index in [9.17, 15) is 0 Å². The fourth-order valence-corrected chi connectivity index (χ4v) is 3.60. The maximum absolute atomic E-state index is 6.26. The highest BCUT2D eigenvalue weighted by Gasteiger charge is 2.26. The fraction of sp³-hybridized carbons (Fsp3) is 0.625. The Hall–Kier alpha value is -0.820. The molecular formula is C16H23N. The highest BCUT2D eigenvalue weighted by Crippen LogP contribution is 2.36. The topological polar surface area (TPSA) is 26.0 Å². The Morgan fingerprint density at radius 3 is 2.00 bits per heavy atom. The summed E-state index contributed by atoms with van der Waals surface area (Å²) < 4.78 is 0. The average Bonchev–Trinajstić information content (AvgIpc) is 2.82. The minimum absolute atomic E-state index is 0.0753. The van der Waals surface area contributed by atoms with Crippen LogP contribution in [0.4, 0.5) is 0 Å². The Kier molecular flexibility index (Phi) is 2.55. The van der Waals surface area contributed by atoms with Crippen molar-refractivity contribution >= 4 is 0 Å². The van der Waals surface area contributed by atoms with Crippen LogP contribution in [0.5, 0.6) is 0 Å². The predicted octanol–water partition coefficient (Wildman–Crippen LogP) is 2.94. The standard InChI is InChI=1S/C16H23N/c1-16(2,17)10-15-13-7-3-5-11(13)9-12-6-4-8-14(12)15/h9H,3-8,10,17H2,1-2H3. The summed E-state index contributed by atoms with van der Waals surface area (Å²) in [5.74, 6) is 0. The van der Waals surface area contributed by atoms with E-state index >= 15 is 0 Å². The molecule has 0 bridgehead atoms.